The highest BCUT2D eigenvalue weighted by molar-refractivity contribution is 7.92. The summed E-state index contributed by atoms with van der Waals surface area (Å²) in [6.45, 7) is -0.202. The molecule has 2 N–H and O–H groups in total. The number of halogens is 1. The summed E-state index contributed by atoms with van der Waals surface area (Å²) in [5.74, 6) is -0.791. The molecule has 0 saturated heterocycles. The van der Waals surface area contributed by atoms with E-state index in [1.165, 1.54) is 31.4 Å². The van der Waals surface area contributed by atoms with Gasteiger partial charge in [0.05, 0.1) is 18.6 Å². The number of aliphatic hydroxyl groups excluding tert-OH is 1. The lowest BCUT2D eigenvalue weighted by atomic mass is 10.2. The van der Waals surface area contributed by atoms with Crippen LogP contribution in [0, 0.1) is 5.82 Å². The number of rotatable bonds is 5. The van der Waals surface area contributed by atoms with Gasteiger partial charge < -0.3 is 9.84 Å². The summed E-state index contributed by atoms with van der Waals surface area (Å²) in [6.07, 6.45) is 0. The fourth-order valence-electron chi connectivity index (χ4n) is 1.76. The predicted molar refractivity (Wildman–Crippen MR) is 76.1 cm³/mol. The van der Waals surface area contributed by atoms with Gasteiger partial charge in [0.2, 0.25) is 0 Å². The third kappa shape index (κ3) is 3.50. The number of aliphatic hydroxyl groups is 1. The lowest BCUT2D eigenvalue weighted by molar-refractivity contribution is 0.282. The molecule has 0 heterocycles. The van der Waals surface area contributed by atoms with Crippen molar-refractivity contribution in [2.45, 2.75) is 11.5 Å². The molecule has 5 nitrogen and oxygen atoms in total. The molecule has 0 aliphatic heterocycles. The lowest BCUT2D eigenvalue weighted by Gasteiger charge is -2.10. The maximum absolute atomic E-state index is 13.6. The van der Waals surface area contributed by atoms with Crippen LogP contribution in [0.3, 0.4) is 0 Å². The fourth-order valence-corrected chi connectivity index (χ4v) is 2.82. The maximum Gasteiger partial charge on any atom is 0.262 e. The summed E-state index contributed by atoms with van der Waals surface area (Å²) in [7, 11) is -2.62. The number of nitrogens with one attached hydrogen (secondary N) is 1. The smallest absolute Gasteiger partial charge is 0.262 e. The monoisotopic (exact) mass is 311 g/mol. The molecule has 0 spiro atoms. The Labute approximate surface area is 122 Å². The summed E-state index contributed by atoms with van der Waals surface area (Å²) in [4.78, 5) is -0.213. The molecular weight excluding hydrogens is 297 g/mol. The normalized spacial score (nSPS) is 11.2. The Morgan fingerprint density at radius 3 is 2.62 bits per heavy atom. The van der Waals surface area contributed by atoms with E-state index in [0.717, 1.165) is 6.07 Å². The standard InChI is InChI=1S/C14H14FNO4S/c1-20-14-6-5-12(8-13(14)15)21(18,19)16-11-4-2-3-10(7-11)9-17/h2-8,16-17H,9H2,1H3. The zero-order valence-corrected chi connectivity index (χ0v) is 12.0. The number of anilines is 1. The summed E-state index contributed by atoms with van der Waals surface area (Å²) in [5.41, 5.74) is 0.855. The Hall–Kier alpha value is -2.12. The number of hydrogen-bond acceptors (Lipinski definition) is 4. The number of methoxy groups -OCH3 is 1. The Balaban J connectivity index is 2.31. The van der Waals surface area contributed by atoms with Crippen molar-refractivity contribution < 1.29 is 22.7 Å². The highest BCUT2D eigenvalue weighted by Gasteiger charge is 2.17. The molecule has 0 aliphatic rings. The highest BCUT2D eigenvalue weighted by atomic mass is 32.2. The third-order valence-electron chi connectivity index (χ3n) is 2.80. The molecule has 21 heavy (non-hydrogen) atoms. The van der Waals surface area contributed by atoms with Gasteiger partial charge in [0.15, 0.2) is 11.6 Å². The van der Waals surface area contributed by atoms with Crippen molar-refractivity contribution in [1.82, 2.24) is 0 Å². The molecule has 112 valence electrons. The molecule has 7 heteroatoms. The van der Waals surface area contributed by atoms with Gasteiger partial charge in [-0.1, -0.05) is 12.1 Å². The van der Waals surface area contributed by atoms with E-state index in [4.69, 9.17) is 9.84 Å². The second-order valence-corrected chi connectivity index (χ2v) is 5.94. The molecule has 0 unspecified atom stereocenters. The molecule has 2 rings (SSSR count). The van der Waals surface area contributed by atoms with Crippen LogP contribution in [0.15, 0.2) is 47.4 Å². The number of hydrogen-bond donors (Lipinski definition) is 2. The first-order chi connectivity index (χ1) is 9.96. The topological polar surface area (TPSA) is 75.6 Å². The first kappa shape index (κ1) is 15.3. The van der Waals surface area contributed by atoms with E-state index in [9.17, 15) is 12.8 Å². The second-order valence-electron chi connectivity index (χ2n) is 4.26. The van der Waals surface area contributed by atoms with Gasteiger partial charge in [-0.05, 0) is 35.9 Å². The van der Waals surface area contributed by atoms with Gasteiger partial charge in [-0.2, -0.15) is 0 Å². The highest BCUT2D eigenvalue weighted by Crippen LogP contribution is 2.22. The van der Waals surface area contributed by atoms with Gasteiger partial charge in [0, 0.05) is 5.69 Å². The SMILES string of the molecule is COc1ccc(S(=O)(=O)Nc2cccc(CO)c2)cc1F. The van der Waals surface area contributed by atoms with Crippen LogP contribution in [-0.4, -0.2) is 20.6 Å². The first-order valence-electron chi connectivity index (χ1n) is 6.02. The molecule has 0 aromatic heterocycles. The van der Waals surface area contributed by atoms with Crippen molar-refractivity contribution >= 4 is 15.7 Å². The number of sulfonamides is 1. The van der Waals surface area contributed by atoms with Gasteiger partial charge in [0.1, 0.15) is 0 Å². The van der Waals surface area contributed by atoms with Gasteiger partial charge in [-0.3, -0.25) is 4.72 Å². The van der Waals surface area contributed by atoms with E-state index in [1.54, 1.807) is 12.1 Å². The van der Waals surface area contributed by atoms with E-state index in [2.05, 4.69) is 4.72 Å². The van der Waals surface area contributed by atoms with Gasteiger partial charge in [0.25, 0.3) is 10.0 Å². The summed E-state index contributed by atoms with van der Waals surface area (Å²) >= 11 is 0. The Morgan fingerprint density at radius 1 is 1.24 bits per heavy atom. The van der Waals surface area contributed by atoms with Crippen molar-refractivity contribution in [3.63, 3.8) is 0 Å². The molecule has 0 bridgehead atoms. The van der Waals surface area contributed by atoms with Crippen molar-refractivity contribution in [3.05, 3.63) is 53.8 Å². The van der Waals surface area contributed by atoms with Crippen LogP contribution in [0.2, 0.25) is 0 Å². The van der Waals surface area contributed by atoms with Gasteiger partial charge >= 0.3 is 0 Å². The van der Waals surface area contributed by atoms with Crippen LogP contribution in [0.1, 0.15) is 5.56 Å². The molecule has 0 amide bonds. The van der Waals surface area contributed by atoms with E-state index in [1.807, 2.05) is 0 Å². The van der Waals surface area contributed by atoms with Crippen molar-refractivity contribution in [2.75, 3.05) is 11.8 Å². The van der Waals surface area contributed by atoms with Crippen molar-refractivity contribution in [1.29, 1.82) is 0 Å². The minimum atomic E-state index is -3.91. The summed E-state index contributed by atoms with van der Waals surface area (Å²) in [6, 6.07) is 9.68. The molecule has 2 aromatic rings. The van der Waals surface area contributed by atoms with Crippen molar-refractivity contribution in [2.24, 2.45) is 0 Å². The fraction of sp³-hybridized carbons (Fsp3) is 0.143. The van der Waals surface area contributed by atoms with Crippen LogP contribution in [0.5, 0.6) is 5.75 Å². The third-order valence-corrected chi connectivity index (χ3v) is 4.17. The molecule has 0 radical (unpaired) electrons. The average Bonchev–Trinajstić information content (AvgIpc) is 2.47. The molecular formula is C14H14FNO4S. The predicted octanol–water partition coefficient (Wildman–Crippen LogP) is 2.13. The Bertz CT molecular complexity index is 746. The molecule has 0 atom stereocenters. The quantitative estimate of drug-likeness (QED) is 0.887. The van der Waals surface area contributed by atoms with E-state index in [0.29, 0.717) is 5.56 Å². The molecule has 0 fully saturated rings. The summed E-state index contributed by atoms with van der Waals surface area (Å²) in [5, 5.41) is 9.03. The van der Waals surface area contributed by atoms with Crippen LogP contribution in [0.4, 0.5) is 10.1 Å². The van der Waals surface area contributed by atoms with Gasteiger partial charge in [-0.15, -0.1) is 0 Å². The molecule has 2 aromatic carbocycles. The molecule has 0 aliphatic carbocycles. The zero-order valence-electron chi connectivity index (χ0n) is 11.2. The second kappa shape index (κ2) is 6.11. The van der Waals surface area contributed by atoms with Gasteiger partial charge in [-0.25, -0.2) is 12.8 Å². The van der Waals surface area contributed by atoms with E-state index >= 15 is 0 Å². The summed E-state index contributed by atoms with van der Waals surface area (Å²) < 4.78 is 45.0. The zero-order chi connectivity index (χ0) is 15.5. The lowest BCUT2D eigenvalue weighted by Crippen LogP contribution is -2.13. The minimum absolute atomic E-state index is 0.0313. The van der Waals surface area contributed by atoms with E-state index < -0.39 is 15.8 Å². The van der Waals surface area contributed by atoms with Crippen LogP contribution < -0.4 is 9.46 Å². The molecule has 0 saturated carbocycles. The first-order valence-corrected chi connectivity index (χ1v) is 7.51. The van der Waals surface area contributed by atoms with Crippen LogP contribution in [0.25, 0.3) is 0 Å². The van der Waals surface area contributed by atoms with E-state index in [-0.39, 0.29) is 22.9 Å². The Kier molecular flexibility index (Phi) is 4.44. The van der Waals surface area contributed by atoms with Crippen LogP contribution >= 0.6 is 0 Å². The van der Waals surface area contributed by atoms with Crippen LogP contribution in [-0.2, 0) is 16.6 Å². The number of ether oxygens (including phenoxy) is 1. The Morgan fingerprint density at radius 2 is 2.00 bits per heavy atom. The van der Waals surface area contributed by atoms with Crippen molar-refractivity contribution in [3.8, 4) is 5.75 Å². The maximum atomic E-state index is 13.6. The average molecular weight is 311 g/mol. The minimum Gasteiger partial charge on any atom is -0.494 e. The largest absolute Gasteiger partial charge is 0.494 e. The number of benzene rings is 2.